The first-order chi connectivity index (χ1) is 13.1. The van der Waals surface area contributed by atoms with Gasteiger partial charge in [-0.25, -0.2) is 0 Å². The molecule has 0 unspecified atom stereocenters. The highest BCUT2D eigenvalue weighted by Crippen LogP contribution is 2.17. The Morgan fingerprint density at radius 1 is 1.11 bits per heavy atom. The second-order valence-corrected chi connectivity index (χ2v) is 6.54. The number of hydrogen-bond donors (Lipinski definition) is 1. The second kappa shape index (κ2) is 9.25. The van der Waals surface area contributed by atoms with Crippen LogP contribution in [0.5, 0.6) is 0 Å². The fraction of sp³-hybridized carbons (Fsp3) is 0.350. The van der Waals surface area contributed by atoms with E-state index >= 15 is 0 Å². The minimum absolute atomic E-state index is 0.0219. The molecule has 1 fully saturated rings. The summed E-state index contributed by atoms with van der Waals surface area (Å²) in [5, 5.41) is 13.8. The Balaban J connectivity index is 1.65. The molecule has 7 nitrogen and oxygen atoms in total. The zero-order chi connectivity index (χ0) is 19.1. The summed E-state index contributed by atoms with van der Waals surface area (Å²) in [5.74, 6) is -0.106. The summed E-state index contributed by atoms with van der Waals surface area (Å²) in [5.41, 5.74) is 1.82. The topological polar surface area (TPSA) is 84.7 Å². The number of carbonyl (C=O) groups is 1. The van der Waals surface area contributed by atoms with Crippen molar-refractivity contribution in [2.45, 2.75) is 12.5 Å². The quantitative estimate of drug-likeness (QED) is 0.598. The van der Waals surface area contributed by atoms with Crippen LogP contribution >= 0.6 is 0 Å². The number of nitrogens with one attached hydrogen (secondary N) is 1. The zero-order valence-corrected chi connectivity index (χ0v) is 15.0. The van der Waals surface area contributed by atoms with E-state index in [1.807, 2.05) is 30.3 Å². The number of rotatable bonds is 7. The van der Waals surface area contributed by atoms with Gasteiger partial charge in [0, 0.05) is 31.8 Å². The Hall–Kier alpha value is -2.77. The van der Waals surface area contributed by atoms with Crippen molar-refractivity contribution in [2.24, 2.45) is 0 Å². The zero-order valence-electron chi connectivity index (χ0n) is 15.0. The Morgan fingerprint density at radius 3 is 2.41 bits per heavy atom. The number of morpholine rings is 1. The van der Waals surface area contributed by atoms with Crippen molar-refractivity contribution < 1.29 is 14.5 Å². The molecule has 1 saturated heterocycles. The molecule has 1 aliphatic rings. The average molecular weight is 369 g/mol. The van der Waals surface area contributed by atoms with Gasteiger partial charge < -0.3 is 10.1 Å². The largest absolute Gasteiger partial charge is 0.379 e. The van der Waals surface area contributed by atoms with Crippen molar-refractivity contribution in [3.63, 3.8) is 0 Å². The van der Waals surface area contributed by atoms with E-state index in [0.717, 1.165) is 30.8 Å². The number of nitrogens with zero attached hydrogens (tertiary/aromatic N) is 2. The van der Waals surface area contributed by atoms with Gasteiger partial charge in [0.2, 0.25) is 5.91 Å². The third-order valence-corrected chi connectivity index (χ3v) is 4.59. The highest BCUT2D eigenvalue weighted by Gasteiger charge is 2.20. The van der Waals surface area contributed by atoms with Gasteiger partial charge in [-0.05, 0) is 11.1 Å². The Bertz CT molecular complexity index is 759. The van der Waals surface area contributed by atoms with E-state index in [0.29, 0.717) is 13.2 Å². The van der Waals surface area contributed by atoms with E-state index in [1.165, 1.54) is 12.1 Å². The molecular weight excluding hydrogens is 346 g/mol. The van der Waals surface area contributed by atoms with Gasteiger partial charge in [-0.2, -0.15) is 0 Å². The maximum atomic E-state index is 12.6. The second-order valence-electron chi connectivity index (χ2n) is 6.54. The van der Waals surface area contributed by atoms with Gasteiger partial charge in [0.1, 0.15) is 0 Å². The maximum Gasteiger partial charge on any atom is 0.269 e. The van der Waals surface area contributed by atoms with Gasteiger partial charge in [0.15, 0.2) is 0 Å². The molecule has 7 heteroatoms. The molecule has 1 aliphatic heterocycles. The smallest absolute Gasteiger partial charge is 0.269 e. The first kappa shape index (κ1) is 19.0. The molecule has 27 heavy (non-hydrogen) atoms. The van der Waals surface area contributed by atoms with Crippen molar-refractivity contribution in [3.05, 3.63) is 75.8 Å². The Morgan fingerprint density at radius 2 is 1.78 bits per heavy atom. The third-order valence-electron chi connectivity index (χ3n) is 4.59. The van der Waals surface area contributed by atoms with Crippen molar-refractivity contribution in [1.82, 2.24) is 10.2 Å². The summed E-state index contributed by atoms with van der Waals surface area (Å²) < 4.78 is 5.40. The summed E-state index contributed by atoms with van der Waals surface area (Å²) in [4.78, 5) is 25.1. The lowest BCUT2D eigenvalue weighted by molar-refractivity contribution is -0.384. The summed E-state index contributed by atoms with van der Waals surface area (Å²) in [6, 6.07) is 15.9. The predicted molar refractivity (Wildman–Crippen MR) is 101 cm³/mol. The molecular formula is C20H23N3O4. The Kier molecular flexibility index (Phi) is 6.51. The molecule has 1 amide bonds. The highest BCUT2D eigenvalue weighted by molar-refractivity contribution is 5.79. The van der Waals surface area contributed by atoms with Gasteiger partial charge in [0.25, 0.3) is 5.69 Å². The maximum absolute atomic E-state index is 12.6. The SMILES string of the molecule is O=C(Cc1ccc([N+](=O)[O-])cc1)N[C@@H](CN1CCOCC1)c1ccccc1. The fourth-order valence-corrected chi connectivity index (χ4v) is 3.13. The van der Waals surface area contributed by atoms with E-state index in [4.69, 9.17) is 4.74 Å². The molecule has 3 rings (SSSR count). The lowest BCUT2D eigenvalue weighted by Crippen LogP contribution is -2.43. The number of nitro groups is 1. The van der Waals surface area contributed by atoms with Gasteiger partial charge in [-0.1, -0.05) is 42.5 Å². The standard InChI is InChI=1S/C20H23N3O4/c24-20(14-16-6-8-18(9-7-16)23(25)26)21-19(17-4-2-1-3-5-17)15-22-10-12-27-13-11-22/h1-9,19H,10-15H2,(H,21,24)/t19-/m0/s1. The molecule has 0 radical (unpaired) electrons. The molecule has 0 spiro atoms. The van der Waals surface area contributed by atoms with Crippen molar-refractivity contribution in [3.8, 4) is 0 Å². The number of benzene rings is 2. The van der Waals surface area contributed by atoms with Crippen LogP contribution in [-0.4, -0.2) is 48.6 Å². The number of hydrogen-bond acceptors (Lipinski definition) is 5. The van der Waals surface area contributed by atoms with E-state index in [-0.39, 0.29) is 24.1 Å². The number of carbonyl (C=O) groups excluding carboxylic acids is 1. The molecule has 0 aliphatic carbocycles. The Labute approximate surface area is 158 Å². The number of ether oxygens (including phenoxy) is 1. The fourth-order valence-electron chi connectivity index (χ4n) is 3.13. The molecule has 1 atom stereocenters. The van der Waals surface area contributed by atoms with Crippen LogP contribution in [0.2, 0.25) is 0 Å². The van der Waals surface area contributed by atoms with E-state index < -0.39 is 4.92 Å². The summed E-state index contributed by atoms with van der Waals surface area (Å²) in [6.45, 7) is 3.83. The first-order valence-electron chi connectivity index (χ1n) is 8.99. The van der Waals surface area contributed by atoms with Crippen LogP contribution in [0.3, 0.4) is 0 Å². The van der Waals surface area contributed by atoms with Crippen LogP contribution < -0.4 is 5.32 Å². The lowest BCUT2D eigenvalue weighted by Gasteiger charge is -2.31. The molecule has 142 valence electrons. The van der Waals surface area contributed by atoms with Gasteiger partial charge in [-0.15, -0.1) is 0 Å². The van der Waals surface area contributed by atoms with E-state index in [9.17, 15) is 14.9 Å². The molecule has 1 heterocycles. The van der Waals surface area contributed by atoms with Crippen LogP contribution in [0, 0.1) is 10.1 Å². The number of non-ortho nitro benzene ring substituents is 1. The normalized spacial score (nSPS) is 15.9. The molecule has 0 bridgehead atoms. The number of nitro benzene ring substituents is 1. The van der Waals surface area contributed by atoms with Crippen molar-refractivity contribution in [1.29, 1.82) is 0 Å². The number of amides is 1. The van der Waals surface area contributed by atoms with Crippen LogP contribution in [0.1, 0.15) is 17.2 Å². The minimum Gasteiger partial charge on any atom is -0.379 e. The molecule has 0 aromatic heterocycles. The summed E-state index contributed by atoms with van der Waals surface area (Å²) >= 11 is 0. The van der Waals surface area contributed by atoms with Crippen molar-refractivity contribution >= 4 is 11.6 Å². The third kappa shape index (κ3) is 5.60. The van der Waals surface area contributed by atoms with E-state index in [2.05, 4.69) is 10.2 Å². The van der Waals surface area contributed by atoms with Crippen LogP contribution in [0.25, 0.3) is 0 Å². The summed E-state index contributed by atoms with van der Waals surface area (Å²) in [7, 11) is 0. The van der Waals surface area contributed by atoms with Crippen LogP contribution in [0.4, 0.5) is 5.69 Å². The summed E-state index contributed by atoms with van der Waals surface area (Å²) in [6.07, 6.45) is 0.185. The van der Waals surface area contributed by atoms with E-state index in [1.54, 1.807) is 12.1 Å². The highest BCUT2D eigenvalue weighted by atomic mass is 16.6. The molecule has 1 N–H and O–H groups in total. The van der Waals surface area contributed by atoms with Gasteiger partial charge in [-0.3, -0.25) is 19.8 Å². The molecule has 0 saturated carbocycles. The van der Waals surface area contributed by atoms with Gasteiger partial charge in [0.05, 0.1) is 30.6 Å². The van der Waals surface area contributed by atoms with Gasteiger partial charge >= 0.3 is 0 Å². The van der Waals surface area contributed by atoms with Crippen molar-refractivity contribution in [2.75, 3.05) is 32.8 Å². The molecule has 2 aromatic rings. The predicted octanol–water partition coefficient (Wildman–Crippen LogP) is 2.33. The average Bonchev–Trinajstić information content (AvgIpc) is 2.69. The lowest BCUT2D eigenvalue weighted by atomic mass is 10.0. The minimum atomic E-state index is -0.447. The monoisotopic (exact) mass is 369 g/mol. The first-order valence-corrected chi connectivity index (χ1v) is 8.99. The van der Waals surface area contributed by atoms with Crippen LogP contribution in [-0.2, 0) is 16.0 Å². The van der Waals surface area contributed by atoms with Crippen LogP contribution in [0.15, 0.2) is 54.6 Å². The molecule has 2 aromatic carbocycles.